The number of hydrogen-bond acceptors (Lipinski definition) is 4. The van der Waals surface area contributed by atoms with Gasteiger partial charge in [0, 0.05) is 12.2 Å². The minimum absolute atomic E-state index is 0.330. The molecule has 0 spiro atoms. The first-order chi connectivity index (χ1) is 10.2. The molecule has 2 aromatic rings. The van der Waals surface area contributed by atoms with Crippen molar-refractivity contribution in [2.75, 3.05) is 19.5 Å². The van der Waals surface area contributed by atoms with Gasteiger partial charge in [0.2, 0.25) is 0 Å². The Labute approximate surface area is 132 Å². The lowest BCUT2D eigenvalue weighted by Crippen LogP contribution is -2.09. The highest BCUT2D eigenvalue weighted by atomic mass is 79.9. The van der Waals surface area contributed by atoms with Crippen LogP contribution in [0.25, 0.3) is 0 Å². The lowest BCUT2D eigenvalue weighted by atomic mass is 10.1. The van der Waals surface area contributed by atoms with Crippen molar-refractivity contribution >= 4 is 27.6 Å². The number of ether oxygens (including phenoxy) is 2. The predicted octanol–water partition coefficient (Wildman–Crippen LogP) is 3.86. The smallest absolute Gasteiger partial charge is 0.338 e. The highest BCUT2D eigenvalue weighted by Gasteiger charge is 2.10. The molecule has 0 aromatic heterocycles. The van der Waals surface area contributed by atoms with Gasteiger partial charge in [0.1, 0.15) is 5.75 Å². The molecule has 5 heteroatoms. The van der Waals surface area contributed by atoms with Crippen LogP contribution in [0.2, 0.25) is 0 Å². The highest BCUT2D eigenvalue weighted by Crippen LogP contribution is 2.28. The maximum atomic E-state index is 11.7. The van der Waals surface area contributed by atoms with Crippen LogP contribution in [-0.2, 0) is 11.3 Å². The molecule has 0 saturated heterocycles. The molecule has 0 fully saturated rings. The van der Waals surface area contributed by atoms with E-state index in [1.54, 1.807) is 13.2 Å². The number of carbonyl (C=O) groups is 1. The number of nitrogens with one attached hydrogen (secondary N) is 1. The molecule has 0 heterocycles. The topological polar surface area (TPSA) is 47.6 Å². The van der Waals surface area contributed by atoms with Crippen molar-refractivity contribution in [1.82, 2.24) is 0 Å². The Kier molecular flexibility index (Phi) is 5.22. The van der Waals surface area contributed by atoms with E-state index in [2.05, 4.69) is 21.2 Å². The molecule has 0 radical (unpaired) electrons. The summed E-state index contributed by atoms with van der Waals surface area (Å²) in [5.74, 6) is 0.443. The largest absolute Gasteiger partial charge is 0.496 e. The maximum Gasteiger partial charge on any atom is 0.338 e. The standard InChI is InChI=1S/C16H16BrNO3/c1-20-15-8-7-12(9-14(15)17)18-10-11-5-3-4-6-13(11)16(19)21-2/h3-9,18H,10H2,1-2H3. The molecule has 2 rings (SSSR count). The van der Waals surface area contributed by atoms with Gasteiger partial charge in [-0.05, 0) is 45.8 Å². The molecular weight excluding hydrogens is 334 g/mol. The molecule has 110 valence electrons. The summed E-state index contributed by atoms with van der Waals surface area (Å²) < 4.78 is 10.9. The molecular formula is C16H16BrNO3. The van der Waals surface area contributed by atoms with Crippen molar-refractivity contribution in [1.29, 1.82) is 0 Å². The number of methoxy groups -OCH3 is 2. The van der Waals surface area contributed by atoms with Crippen LogP contribution in [0.5, 0.6) is 5.75 Å². The van der Waals surface area contributed by atoms with Gasteiger partial charge >= 0.3 is 5.97 Å². The van der Waals surface area contributed by atoms with Crippen LogP contribution in [0.1, 0.15) is 15.9 Å². The zero-order chi connectivity index (χ0) is 15.2. The molecule has 1 N–H and O–H groups in total. The summed E-state index contributed by atoms with van der Waals surface area (Å²) in [6.07, 6.45) is 0. The molecule has 21 heavy (non-hydrogen) atoms. The van der Waals surface area contributed by atoms with Crippen LogP contribution in [0.15, 0.2) is 46.9 Å². The molecule has 0 bridgehead atoms. The van der Waals surface area contributed by atoms with E-state index in [1.165, 1.54) is 7.11 Å². The van der Waals surface area contributed by atoms with Gasteiger partial charge < -0.3 is 14.8 Å². The Morgan fingerprint density at radius 3 is 2.62 bits per heavy atom. The normalized spacial score (nSPS) is 10.0. The van der Waals surface area contributed by atoms with E-state index in [-0.39, 0.29) is 5.97 Å². The summed E-state index contributed by atoms with van der Waals surface area (Å²) in [5, 5.41) is 3.28. The second-order valence-electron chi connectivity index (χ2n) is 4.35. The SMILES string of the molecule is COC(=O)c1ccccc1CNc1ccc(OC)c(Br)c1. The third kappa shape index (κ3) is 3.76. The molecule has 0 aliphatic rings. The van der Waals surface area contributed by atoms with Crippen LogP contribution >= 0.6 is 15.9 Å². The first-order valence-corrected chi connectivity index (χ1v) is 7.18. The number of halogens is 1. The van der Waals surface area contributed by atoms with Crippen molar-refractivity contribution in [3.63, 3.8) is 0 Å². The zero-order valence-electron chi connectivity index (χ0n) is 11.9. The zero-order valence-corrected chi connectivity index (χ0v) is 13.4. The van der Waals surface area contributed by atoms with E-state index in [0.717, 1.165) is 21.5 Å². The van der Waals surface area contributed by atoms with Crippen molar-refractivity contribution < 1.29 is 14.3 Å². The van der Waals surface area contributed by atoms with E-state index in [0.29, 0.717) is 12.1 Å². The van der Waals surface area contributed by atoms with Gasteiger partial charge in [-0.25, -0.2) is 4.79 Å². The Balaban J connectivity index is 2.13. The Hall–Kier alpha value is -2.01. The number of hydrogen-bond donors (Lipinski definition) is 1. The fourth-order valence-electron chi connectivity index (χ4n) is 1.96. The summed E-state index contributed by atoms with van der Waals surface area (Å²) in [4.78, 5) is 11.7. The quantitative estimate of drug-likeness (QED) is 0.832. The van der Waals surface area contributed by atoms with Gasteiger partial charge in [0.15, 0.2) is 0 Å². The van der Waals surface area contributed by atoms with Crippen molar-refractivity contribution in [2.24, 2.45) is 0 Å². The Morgan fingerprint density at radius 2 is 1.95 bits per heavy atom. The number of benzene rings is 2. The van der Waals surface area contributed by atoms with Crippen molar-refractivity contribution in [3.8, 4) is 5.75 Å². The lowest BCUT2D eigenvalue weighted by Gasteiger charge is -2.11. The summed E-state index contributed by atoms with van der Waals surface area (Å²) in [5.41, 5.74) is 2.39. The van der Waals surface area contributed by atoms with Gasteiger partial charge in [-0.15, -0.1) is 0 Å². The maximum absolute atomic E-state index is 11.7. The average Bonchev–Trinajstić information content (AvgIpc) is 2.52. The third-order valence-corrected chi connectivity index (χ3v) is 3.68. The summed E-state index contributed by atoms with van der Waals surface area (Å²) in [6.45, 7) is 0.532. The number of carbonyl (C=O) groups excluding carboxylic acids is 1. The van der Waals surface area contributed by atoms with Crippen molar-refractivity contribution in [2.45, 2.75) is 6.54 Å². The van der Waals surface area contributed by atoms with Gasteiger partial charge in [-0.2, -0.15) is 0 Å². The number of rotatable bonds is 5. The molecule has 4 nitrogen and oxygen atoms in total. The summed E-state index contributed by atoms with van der Waals surface area (Å²) >= 11 is 3.44. The fourth-order valence-corrected chi connectivity index (χ4v) is 2.50. The summed E-state index contributed by atoms with van der Waals surface area (Å²) in [6, 6.07) is 13.1. The van der Waals surface area contributed by atoms with Crippen LogP contribution in [0.3, 0.4) is 0 Å². The second-order valence-corrected chi connectivity index (χ2v) is 5.21. The van der Waals surface area contributed by atoms with E-state index in [9.17, 15) is 4.79 Å². The predicted molar refractivity (Wildman–Crippen MR) is 85.8 cm³/mol. The van der Waals surface area contributed by atoms with E-state index in [4.69, 9.17) is 9.47 Å². The van der Waals surface area contributed by atoms with E-state index >= 15 is 0 Å². The Bertz CT molecular complexity index is 643. The van der Waals surface area contributed by atoms with E-state index in [1.807, 2.05) is 36.4 Å². The molecule has 0 atom stereocenters. The molecule has 0 unspecified atom stereocenters. The first-order valence-electron chi connectivity index (χ1n) is 6.39. The minimum atomic E-state index is -0.330. The highest BCUT2D eigenvalue weighted by molar-refractivity contribution is 9.10. The van der Waals surface area contributed by atoms with Gasteiger partial charge in [-0.3, -0.25) is 0 Å². The molecule has 0 aliphatic heterocycles. The molecule has 2 aromatic carbocycles. The number of anilines is 1. The van der Waals surface area contributed by atoms with Gasteiger partial charge in [-0.1, -0.05) is 18.2 Å². The third-order valence-electron chi connectivity index (χ3n) is 3.06. The van der Waals surface area contributed by atoms with Gasteiger partial charge in [0.05, 0.1) is 24.3 Å². The average molecular weight is 350 g/mol. The van der Waals surface area contributed by atoms with Gasteiger partial charge in [0.25, 0.3) is 0 Å². The molecule has 0 aliphatic carbocycles. The monoisotopic (exact) mass is 349 g/mol. The Morgan fingerprint density at radius 1 is 1.19 bits per heavy atom. The molecule has 0 saturated carbocycles. The second kappa shape index (κ2) is 7.13. The lowest BCUT2D eigenvalue weighted by molar-refractivity contribution is 0.0599. The summed E-state index contributed by atoms with van der Waals surface area (Å²) in [7, 11) is 3.01. The van der Waals surface area contributed by atoms with Crippen molar-refractivity contribution in [3.05, 3.63) is 58.1 Å². The minimum Gasteiger partial charge on any atom is -0.496 e. The van der Waals surface area contributed by atoms with Crippen LogP contribution in [0.4, 0.5) is 5.69 Å². The first kappa shape index (κ1) is 15.4. The fraction of sp³-hybridized carbons (Fsp3) is 0.188. The van der Waals surface area contributed by atoms with Crippen LogP contribution in [0, 0.1) is 0 Å². The van der Waals surface area contributed by atoms with E-state index < -0.39 is 0 Å². The van der Waals surface area contributed by atoms with Crippen LogP contribution < -0.4 is 10.1 Å². The van der Waals surface area contributed by atoms with Crippen LogP contribution in [-0.4, -0.2) is 20.2 Å². The molecule has 0 amide bonds. The number of esters is 1.